The monoisotopic (exact) mass is 367 g/mol. The van der Waals surface area contributed by atoms with Crippen LogP contribution in [-0.4, -0.2) is 19.1 Å². The number of likely N-dealkylation sites (N-methyl/N-ethyl adjacent to an activating group) is 1. The molecule has 0 fully saturated rings. The van der Waals surface area contributed by atoms with Crippen molar-refractivity contribution < 1.29 is 18.3 Å². The molecule has 0 saturated carbocycles. The number of benzene rings is 2. The molecule has 1 N–H and O–H groups in total. The van der Waals surface area contributed by atoms with E-state index in [-0.39, 0.29) is 11.7 Å². The van der Waals surface area contributed by atoms with E-state index in [9.17, 15) is 9.18 Å². The van der Waals surface area contributed by atoms with E-state index in [1.807, 2.05) is 32.9 Å². The number of carbonyl (C=O) groups is 1. The van der Waals surface area contributed by atoms with Gasteiger partial charge in [0.15, 0.2) is 0 Å². The summed E-state index contributed by atoms with van der Waals surface area (Å²) in [6.45, 7) is 6.72. The van der Waals surface area contributed by atoms with Gasteiger partial charge in [0.1, 0.15) is 17.1 Å². The van der Waals surface area contributed by atoms with Crippen LogP contribution in [0.5, 0.6) is 5.75 Å². The van der Waals surface area contributed by atoms with Crippen molar-refractivity contribution in [1.29, 1.82) is 0 Å². The molecule has 1 aromatic heterocycles. The molecule has 0 radical (unpaired) electrons. The summed E-state index contributed by atoms with van der Waals surface area (Å²) >= 11 is 0. The average Bonchev–Trinajstić information content (AvgIpc) is 3.05. The lowest BCUT2D eigenvalue weighted by Gasteiger charge is -2.11. The second kappa shape index (κ2) is 8.08. The van der Waals surface area contributed by atoms with Gasteiger partial charge in [0, 0.05) is 35.2 Å². The highest BCUT2D eigenvalue weighted by molar-refractivity contribution is 6.00. The van der Waals surface area contributed by atoms with Crippen molar-refractivity contribution in [3.8, 4) is 16.9 Å². The quantitative estimate of drug-likeness (QED) is 0.611. The minimum Gasteiger partial charge on any atom is -0.493 e. The number of allylic oxidation sites excluding steroid dienone is 1. The third-order valence-electron chi connectivity index (χ3n) is 4.25. The second-order valence-corrected chi connectivity index (χ2v) is 6.16. The van der Waals surface area contributed by atoms with Crippen LogP contribution in [0, 0.1) is 5.82 Å². The summed E-state index contributed by atoms with van der Waals surface area (Å²) in [5, 5.41) is 3.64. The molecule has 0 atom stereocenters. The lowest BCUT2D eigenvalue weighted by Crippen LogP contribution is -2.20. The van der Waals surface area contributed by atoms with Crippen LogP contribution in [0.15, 0.2) is 53.2 Å². The molecule has 5 heteroatoms. The van der Waals surface area contributed by atoms with Gasteiger partial charge in [0.05, 0.1) is 12.9 Å². The van der Waals surface area contributed by atoms with Gasteiger partial charge >= 0.3 is 0 Å². The maximum Gasteiger partial charge on any atom is 0.244 e. The van der Waals surface area contributed by atoms with Gasteiger partial charge in [-0.3, -0.25) is 4.79 Å². The molecule has 1 heterocycles. The fraction of sp³-hybridized carbons (Fsp3) is 0.227. The first-order chi connectivity index (χ1) is 13.0. The van der Waals surface area contributed by atoms with Crippen molar-refractivity contribution in [2.24, 2.45) is 0 Å². The molecule has 0 saturated heterocycles. The van der Waals surface area contributed by atoms with Crippen LogP contribution >= 0.6 is 0 Å². The van der Waals surface area contributed by atoms with Gasteiger partial charge < -0.3 is 14.5 Å². The summed E-state index contributed by atoms with van der Waals surface area (Å²) in [4.78, 5) is 11.9. The van der Waals surface area contributed by atoms with E-state index in [4.69, 9.17) is 9.15 Å². The zero-order valence-electron chi connectivity index (χ0n) is 15.6. The number of rotatable bonds is 6. The topological polar surface area (TPSA) is 51.5 Å². The Balaban J connectivity index is 2.13. The van der Waals surface area contributed by atoms with E-state index in [1.165, 1.54) is 12.1 Å². The number of fused-ring (bicyclic) bond motifs is 1. The molecule has 0 bridgehead atoms. The van der Waals surface area contributed by atoms with Crippen LogP contribution in [0.3, 0.4) is 0 Å². The lowest BCUT2D eigenvalue weighted by atomic mass is 9.99. The van der Waals surface area contributed by atoms with Crippen molar-refractivity contribution in [2.75, 3.05) is 13.2 Å². The Morgan fingerprint density at radius 2 is 1.96 bits per heavy atom. The number of nitrogens with one attached hydrogen (secondary N) is 1. The van der Waals surface area contributed by atoms with Gasteiger partial charge in [-0.1, -0.05) is 12.1 Å². The van der Waals surface area contributed by atoms with Gasteiger partial charge in [-0.25, -0.2) is 4.39 Å². The highest BCUT2D eigenvalue weighted by Crippen LogP contribution is 2.37. The summed E-state index contributed by atoms with van der Waals surface area (Å²) in [7, 11) is 0. The highest BCUT2D eigenvalue weighted by atomic mass is 19.1. The van der Waals surface area contributed by atoms with Crippen LogP contribution in [0.2, 0.25) is 0 Å². The van der Waals surface area contributed by atoms with E-state index in [0.29, 0.717) is 24.5 Å². The molecule has 140 valence electrons. The van der Waals surface area contributed by atoms with E-state index < -0.39 is 0 Å². The molecule has 0 unspecified atom stereocenters. The van der Waals surface area contributed by atoms with Crippen molar-refractivity contribution >= 4 is 22.4 Å². The maximum absolute atomic E-state index is 13.2. The predicted octanol–water partition coefficient (Wildman–Crippen LogP) is 5.18. The summed E-state index contributed by atoms with van der Waals surface area (Å²) in [5.41, 5.74) is 4.00. The minimum atomic E-state index is -0.286. The smallest absolute Gasteiger partial charge is 0.244 e. The van der Waals surface area contributed by atoms with Crippen molar-refractivity contribution in [2.45, 2.75) is 20.8 Å². The van der Waals surface area contributed by atoms with E-state index in [1.54, 1.807) is 24.5 Å². The molecule has 3 aromatic rings. The summed E-state index contributed by atoms with van der Waals surface area (Å²) in [5.74, 6) is 0.220. The highest BCUT2D eigenvalue weighted by Gasteiger charge is 2.15. The van der Waals surface area contributed by atoms with Crippen molar-refractivity contribution in [3.63, 3.8) is 0 Å². The standard InChI is InChI=1S/C22H22FNO3/c1-4-24-22(25)10-14(3)17-11-18-19(15-6-8-16(23)9-7-15)13-27-21(18)12-20(17)26-5-2/h6-13H,4-5H2,1-3H3,(H,24,25)/b14-10+. The third-order valence-corrected chi connectivity index (χ3v) is 4.25. The number of amides is 1. The van der Waals surface area contributed by atoms with Crippen molar-refractivity contribution in [3.05, 3.63) is 60.1 Å². The molecule has 0 aliphatic carbocycles. The predicted molar refractivity (Wildman–Crippen MR) is 105 cm³/mol. The Bertz CT molecular complexity index is 987. The van der Waals surface area contributed by atoms with E-state index in [2.05, 4.69) is 5.32 Å². The van der Waals surface area contributed by atoms with Gasteiger partial charge in [-0.05, 0) is 50.1 Å². The molecule has 2 aromatic carbocycles. The zero-order valence-corrected chi connectivity index (χ0v) is 15.6. The van der Waals surface area contributed by atoms with Crippen LogP contribution in [0.4, 0.5) is 4.39 Å². The molecule has 1 amide bonds. The molecule has 27 heavy (non-hydrogen) atoms. The van der Waals surface area contributed by atoms with Crippen LogP contribution in [-0.2, 0) is 4.79 Å². The summed E-state index contributed by atoms with van der Waals surface area (Å²) < 4.78 is 24.7. The van der Waals surface area contributed by atoms with E-state index in [0.717, 1.165) is 27.6 Å². The third kappa shape index (κ3) is 4.03. The van der Waals surface area contributed by atoms with Gasteiger partial charge in [-0.15, -0.1) is 0 Å². The first kappa shape index (κ1) is 18.7. The van der Waals surface area contributed by atoms with Gasteiger partial charge in [0.25, 0.3) is 0 Å². The number of hydrogen-bond acceptors (Lipinski definition) is 3. The number of ether oxygens (including phenoxy) is 1. The van der Waals surface area contributed by atoms with Crippen LogP contribution in [0.25, 0.3) is 27.7 Å². The molecule has 4 nitrogen and oxygen atoms in total. The molecule has 0 aliphatic heterocycles. The SMILES string of the molecule is CCNC(=O)/C=C(\C)c1cc2c(-c3ccc(F)cc3)coc2cc1OCC. The molecule has 0 spiro atoms. The second-order valence-electron chi connectivity index (χ2n) is 6.16. The Morgan fingerprint density at radius 3 is 2.63 bits per heavy atom. The number of halogens is 1. The Morgan fingerprint density at radius 1 is 1.22 bits per heavy atom. The maximum atomic E-state index is 13.2. The van der Waals surface area contributed by atoms with E-state index >= 15 is 0 Å². The Hall–Kier alpha value is -3.08. The number of hydrogen-bond donors (Lipinski definition) is 1. The Kier molecular flexibility index (Phi) is 5.60. The lowest BCUT2D eigenvalue weighted by molar-refractivity contribution is -0.116. The van der Waals surface area contributed by atoms with Crippen molar-refractivity contribution in [1.82, 2.24) is 5.32 Å². The molecular formula is C22H22FNO3. The fourth-order valence-electron chi connectivity index (χ4n) is 2.99. The first-order valence-electron chi connectivity index (χ1n) is 8.94. The molecule has 0 aliphatic rings. The first-order valence-corrected chi connectivity index (χ1v) is 8.94. The largest absolute Gasteiger partial charge is 0.493 e. The van der Waals surface area contributed by atoms with Gasteiger partial charge in [-0.2, -0.15) is 0 Å². The van der Waals surface area contributed by atoms with Crippen LogP contribution < -0.4 is 10.1 Å². The number of carbonyl (C=O) groups excluding carboxylic acids is 1. The number of furan rings is 1. The molecular weight excluding hydrogens is 345 g/mol. The minimum absolute atomic E-state index is 0.150. The molecule has 3 rings (SSSR count). The summed E-state index contributed by atoms with van der Waals surface area (Å²) in [6.07, 6.45) is 3.21. The average molecular weight is 367 g/mol. The Labute approximate surface area is 157 Å². The zero-order chi connectivity index (χ0) is 19.4. The fourth-order valence-corrected chi connectivity index (χ4v) is 2.99. The van der Waals surface area contributed by atoms with Crippen LogP contribution in [0.1, 0.15) is 26.3 Å². The summed E-state index contributed by atoms with van der Waals surface area (Å²) in [6, 6.07) is 10.1. The normalized spacial score (nSPS) is 11.6. The van der Waals surface area contributed by atoms with Gasteiger partial charge in [0.2, 0.25) is 5.91 Å².